The Hall–Kier alpha value is -1.02. The predicted molar refractivity (Wildman–Crippen MR) is 99.6 cm³/mol. The summed E-state index contributed by atoms with van der Waals surface area (Å²) in [5.41, 5.74) is 0.621. The van der Waals surface area contributed by atoms with Gasteiger partial charge in [-0.3, -0.25) is 0 Å². The maximum atomic E-state index is 13.4. The van der Waals surface area contributed by atoms with Crippen molar-refractivity contribution in [1.82, 2.24) is 10.0 Å². The molecule has 0 spiro atoms. The van der Waals surface area contributed by atoms with Gasteiger partial charge < -0.3 is 10.4 Å². The number of aliphatic hydroxyl groups excluding tert-OH is 1. The second-order valence-electron chi connectivity index (χ2n) is 7.89. The van der Waals surface area contributed by atoms with Gasteiger partial charge in [0.15, 0.2) is 0 Å². The van der Waals surface area contributed by atoms with Crippen molar-refractivity contribution in [1.29, 1.82) is 0 Å². The number of hydrogen-bond donors (Lipinski definition) is 3. The first-order valence-electron chi connectivity index (χ1n) is 9.47. The zero-order valence-electron chi connectivity index (χ0n) is 15.2. The summed E-state index contributed by atoms with van der Waals surface area (Å²) >= 11 is 0. The lowest BCUT2D eigenvalue weighted by Gasteiger charge is -2.30. The molecule has 146 valence electrons. The lowest BCUT2D eigenvalue weighted by atomic mass is 9.82. The Balaban J connectivity index is 1.45. The van der Waals surface area contributed by atoms with Crippen LogP contribution in [0.4, 0.5) is 4.39 Å². The molecule has 0 aromatic heterocycles. The van der Waals surface area contributed by atoms with Crippen molar-refractivity contribution in [3.63, 3.8) is 0 Å². The number of nitrogens with one attached hydrogen (secondary N) is 2. The molecule has 1 aliphatic carbocycles. The molecular weight excluding hydrogens is 355 g/mol. The van der Waals surface area contributed by atoms with Crippen LogP contribution in [0, 0.1) is 11.7 Å². The van der Waals surface area contributed by atoms with E-state index >= 15 is 0 Å². The second kappa shape index (κ2) is 8.33. The van der Waals surface area contributed by atoms with Crippen molar-refractivity contribution >= 4 is 10.0 Å². The van der Waals surface area contributed by atoms with Crippen molar-refractivity contribution in [3.05, 3.63) is 35.6 Å². The minimum atomic E-state index is -3.13. The Labute approximate surface area is 155 Å². The Bertz CT molecular complexity index is 704. The molecule has 0 bridgehead atoms. The van der Waals surface area contributed by atoms with Gasteiger partial charge in [-0.2, -0.15) is 0 Å². The van der Waals surface area contributed by atoms with Crippen molar-refractivity contribution < 1.29 is 17.9 Å². The van der Waals surface area contributed by atoms with E-state index in [1.165, 1.54) is 18.4 Å². The SMILES string of the molecule is CS(=O)(=O)N[C@H]1CC[C@H](C[C@@H]2CC[C@H]([C@H](O)c3cccc(F)c3)N2)CC1. The highest BCUT2D eigenvalue weighted by molar-refractivity contribution is 7.88. The molecule has 0 unspecified atom stereocenters. The van der Waals surface area contributed by atoms with Gasteiger partial charge in [-0.25, -0.2) is 17.5 Å². The van der Waals surface area contributed by atoms with Crippen LogP contribution in [0.5, 0.6) is 0 Å². The van der Waals surface area contributed by atoms with Crippen LogP contribution in [-0.2, 0) is 10.0 Å². The van der Waals surface area contributed by atoms with Gasteiger partial charge in [-0.05, 0) is 68.6 Å². The van der Waals surface area contributed by atoms with E-state index in [0.717, 1.165) is 44.9 Å². The van der Waals surface area contributed by atoms with Crippen molar-refractivity contribution in [2.45, 2.75) is 69.2 Å². The molecule has 3 N–H and O–H groups in total. The first-order chi connectivity index (χ1) is 12.3. The summed E-state index contributed by atoms with van der Waals surface area (Å²) in [5, 5.41) is 14.0. The number of rotatable bonds is 6. The fourth-order valence-electron chi connectivity index (χ4n) is 4.43. The number of benzene rings is 1. The smallest absolute Gasteiger partial charge is 0.208 e. The molecule has 26 heavy (non-hydrogen) atoms. The second-order valence-corrected chi connectivity index (χ2v) is 9.67. The van der Waals surface area contributed by atoms with Gasteiger partial charge in [0.05, 0.1) is 12.4 Å². The van der Waals surface area contributed by atoms with Crippen LogP contribution in [0.15, 0.2) is 24.3 Å². The first kappa shape index (κ1) is 19.7. The topological polar surface area (TPSA) is 78.4 Å². The highest BCUT2D eigenvalue weighted by Crippen LogP contribution is 2.33. The maximum absolute atomic E-state index is 13.4. The van der Waals surface area contributed by atoms with E-state index in [1.807, 2.05) is 0 Å². The molecule has 5 nitrogen and oxygen atoms in total. The van der Waals surface area contributed by atoms with Gasteiger partial charge in [0.1, 0.15) is 5.82 Å². The molecule has 1 saturated heterocycles. The largest absolute Gasteiger partial charge is 0.387 e. The minimum Gasteiger partial charge on any atom is -0.387 e. The lowest BCUT2D eigenvalue weighted by molar-refractivity contribution is 0.133. The van der Waals surface area contributed by atoms with Gasteiger partial charge in [-0.15, -0.1) is 0 Å². The standard InChI is InChI=1S/C19H29FN2O3S/c1-26(24,25)22-16-7-5-13(6-8-16)11-17-9-10-18(21-17)19(23)14-3-2-4-15(20)12-14/h2-4,12-13,16-19,21-23H,5-11H2,1H3/t13-,16-,17-,18+,19+/m0/s1. The fraction of sp³-hybridized carbons (Fsp3) is 0.684. The molecule has 1 aliphatic heterocycles. The number of hydrogen-bond acceptors (Lipinski definition) is 4. The Morgan fingerprint density at radius 2 is 1.96 bits per heavy atom. The third kappa shape index (κ3) is 5.49. The lowest BCUT2D eigenvalue weighted by Crippen LogP contribution is -2.39. The maximum Gasteiger partial charge on any atom is 0.208 e. The fourth-order valence-corrected chi connectivity index (χ4v) is 5.27. The highest BCUT2D eigenvalue weighted by Gasteiger charge is 2.32. The summed E-state index contributed by atoms with van der Waals surface area (Å²) in [7, 11) is -3.13. The van der Waals surface area contributed by atoms with Crippen LogP contribution in [0.3, 0.4) is 0 Å². The van der Waals surface area contributed by atoms with E-state index in [2.05, 4.69) is 10.0 Å². The Kier molecular flexibility index (Phi) is 6.33. The van der Waals surface area contributed by atoms with Gasteiger partial charge in [0.25, 0.3) is 0 Å². The van der Waals surface area contributed by atoms with Crippen LogP contribution in [-0.4, -0.2) is 37.9 Å². The van der Waals surface area contributed by atoms with Crippen LogP contribution in [0.1, 0.15) is 56.6 Å². The van der Waals surface area contributed by atoms with Crippen molar-refractivity contribution in [2.24, 2.45) is 5.92 Å². The third-order valence-electron chi connectivity index (χ3n) is 5.69. The summed E-state index contributed by atoms with van der Waals surface area (Å²) in [4.78, 5) is 0. The summed E-state index contributed by atoms with van der Waals surface area (Å²) in [5.74, 6) is 0.269. The third-order valence-corrected chi connectivity index (χ3v) is 6.45. The van der Waals surface area contributed by atoms with Crippen LogP contribution in [0.25, 0.3) is 0 Å². The van der Waals surface area contributed by atoms with Crippen LogP contribution >= 0.6 is 0 Å². The zero-order chi connectivity index (χ0) is 18.7. The first-order valence-corrected chi connectivity index (χ1v) is 11.4. The number of aliphatic hydroxyl groups is 1. The van der Waals surface area contributed by atoms with Crippen molar-refractivity contribution in [2.75, 3.05) is 6.26 Å². The molecule has 0 amide bonds. The predicted octanol–water partition coefficient (Wildman–Crippen LogP) is 2.48. The summed E-state index contributed by atoms with van der Waals surface area (Å²) in [6, 6.07) is 6.58. The van der Waals surface area contributed by atoms with Crippen LogP contribution < -0.4 is 10.0 Å². The molecule has 1 heterocycles. The molecule has 1 aromatic rings. The molecule has 0 radical (unpaired) electrons. The normalized spacial score (nSPS) is 31.0. The molecule has 1 saturated carbocycles. The van der Waals surface area contributed by atoms with E-state index in [1.54, 1.807) is 12.1 Å². The van der Waals surface area contributed by atoms with E-state index in [0.29, 0.717) is 17.5 Å². The van der Waals surface area contributed by atoms with Gasteiger partial charge >= 0.3 is 0 Å². The van der Waals surface area contributed by atoms with E-state index in [4.69, 9.17) is 0 Å². The zero-order valence-corrected chi connectivity index (χ0v) is 16.0. The molecule has 2 fully saturated rings. The molecule has 1 aromatic carbocycles. The minimum absolute atomic E-state index is 0.0370. The van der Waals surface area contributed by atoms with Gasteiger partial charge in [0.2, 0.25) is 10.0 Å². The number of sulfonamides is 1. The van der Waals surface area contributed by atoms with Gasteiger partial charge in [0, 0.05) is 18.1 Å². The molecule has 3 rings (SSSR count). The average Bonchev–Trinajstić information content (AvgIpc) is 3.03. The van der Waals surface area contributed by atoms with Gasteiger partial charge in [-0.1, -0.05) is 12.1 Å². The van der Waals surface area contributed by atoms with E-state index in [-0.39, 0.29) is 17.9 Å². The molecular formula is C19H29FN2O3S. The van der Waals surface area contributed by atoms with Crippen molar-refractivity contribution in [3.8, 4) is 0 Å². The highest BCUT2D eigenvalue weighted by atomic mass is 32.2. The van der Waals surface area contributed by atoms with E-state index in [9.17, 15) is 17.9 Å². The Morgan fingerprint density at radius 3 is 2.62 bits per heavy atom. The molecule has 2 aliphatic rings. The average molecular weight is 385 g/mol. The summed E-state index contributed by atoms with van der Waals surface area (Å²) in [6.07, 6.45) is 7.31. The molecule has 7 heteroatoms. The van der Waals surface area contributed by atoms with E-state index < -0.39 is 16.1 Å². The summed E-state index contributed by atoms with van der Waals surface area (Å²) in [6.45, 7) is 0. The quantitative estimate of drug-likeness (QED) is 0.704. The molecule has 3 atom stereocenters. The summed E-state index contributed by atoms with van der Waals surface area (Å²) < 4.78 is 38.7. The Morgan fingerprint density at radius 1 is 1.23 bits per heavy atom. The van der Waals surface area contributed by atoms with Crippen LogP contribution in [0.2, 0.25) is 0 Å². The number of halogens is 1. The monoisotopic (exact) mass is 384 g/mol.